The highest BCUT2D eigenvalue weighted by Crippen LogP contribution is 2.36. The van der Waals surface area contributed by atoms with Gasteiger partial charge in [-0.2, -0.15) is 0 Å². The van der Waals surface area contributed by atoms with Crippen LogP contribution in [0.1, 0.15) is 19.3 Å². The molecule has 0 amide bonds. The maximum atomic E-state index is 14.9. The van der Waals surface area contributed by atoms with Crippen LogP contribution >= 0.6 is 11.6 Å². The number of nitrogens with one attached hydrogen (secondary N) is 2. The summed E-state index contributed by atoms with van der Waals surface area (Å²) < 4.78 is 20.6. The van der Waals surface area contributed by atoms with E-state index < -0.39 is 5.82 Å². The van der Waals surface area contributed by atoms with E-state index in [2.05, 4.69) is 30.5 Å². The van der Waals surface area contributed by atoms with Crippen LogP contribution in [-0.2, 0) is 0 Å². The zero-order chi connectivity index (χ0) is 20.9. The molecule has 0 unspecified atom stereocenters. The molecule has 6 rings (SSSR count). The van der Waals surface area contributed by atoms with Gasteiger partial charge in [0.15, 0.2) is 11.6 Å². The molecule has 1 aliphatic carbocycles. The lowest BCUT2D eigenvalue weighted by Gasteiger charge is -2.27. The standard InChI is InChI=1S/C21H21ClFN7O/c22-17-16(31-9-11-1-2-11)4-3-14(18(17)23)28-20-19-15(26-10-27-20)7-25-21(29-19)30-8-12-5-13(30)6-24-12/h3-4,7,10-13,24H,1-2,5-6,8-9H2,(H,26,27,28)/t12-,13-/m1/s1. The number of aromatic nitrogens is 4. The summed E-state index contributed by atoms with van der Waals surface area (Å²) in [4.78, 5) is 20.0. The summed E-state index contributed by atoms with van der Waals surface area (Å²) in [5.74, 6) is 1.37. The lowest BCUT2D eigenvalue weighted by Crippen LogP contribution is -2.44. The minimum absolute atomic E-state index is 0.0417. The lowest BCUT2D eigenvalue weighted by atomic mass is 10.2. The molecule has 2 aromatic heterocycles. The van der Waals surface area contributed by atoms with E-state index in [1.54, 1.807) is 18.3 Å². The fourth-order valence-electron chi connectivity index (χ4n) is 4.24. The smallest absolute Gasteiger partial charge is 0.226 e. The molecule has 1 aromatic carbocycles. The van der Waals surface area contributed by atoms with Gasteiger partial charge >= 0.3 is 0 Å². The van der Waals surface area contributed by atoms with Crippen molar-refractivity contribution in [3.8, 4) is 5.75 Å². The van der Waals surface area contributed by atoms with Gasteiger partial charge in [-0.05, 0) is 37.3 Å². The van der Waals surface area contributed by atoms with Gasteiger partial charge in [0.25, 0.3) is 0 Å². The van der Waals surface area contributed by atoms with Crippen LogP contribution in [0, 0.1) is 11.7 Å². The Morgan fingerprint density at radius 1 is 1.26 bits per heavy atom. The van der Waals surface area contributed by atoms with Crippen LogP contribution in [0.25, 0.3) is 11.0 Å². The topological polar surface area (TPSA) is 88.1 Å². The molecule has 4 heterocycles. The fourth-order valence-corrected chi connectivity index (χ4v) is 4.46. The van der Waals surface area contributed by atoms with Gasteiger partial charge in [0.2, 0.25) is 5.95 Å². The number of nitrogens with zero attached hydrogens (tertiary/aromatic N) is 5. The number of anilines is 3. The number of halogens is 2. The highest BCUT2D eigenvalue weighted by molar-refractivity contribution is 6.32. The molecule has 10 heteroatoms. The van der Waals surface area contributed by atoms with Crippen molar-refractivity contribution in [2.24, 2.45) is 5.92 Å². The van der Waals surface area contributed by atoms with E-state index in [1.807, 2.05) is 0 Å². The Hall–Kier alpha value is -2.78. The van der Waals surface area contributed by atoms with Gasteiger partial charge in [0, 0.05) is 25.2 Å². The normalized spacial score (nSPS) is 22.3. The number of rotatable bonds is 6. The summed E-state index contributed by atoms with van der Waals surface area (Å²) in [7, 11) is 0. The van der Waals surface area contributed by atoms with Crippen LogP contribution < -0.4 is 20.3 Å². The number of benzene rings is 1. The van der Waals surface area contributed by atoms with Gasteiger partial charge in [0.05, 0.1) is 18.5 Å². The Bertz CT molecular complexity index is 1160. The molecule has 0 spiro atoms. The van der Waals surface area contributed by atoms with E-state index in [4.69, 9.17) is 21.3 Å². The van der Waals surface area contributed by atoms with Crippen molar-refractivity contribution in [2.45, 2.75) is 31.3 Å². The molecule has 3 aromatic rings. The number of hydrogen-bond acceptors (Lipinski definition) is 8. The van der Waals surface area contributed by atoms with Gasteiger partial charge < -0.3 is 20.3 Å². The second kappa shape index (κ2) is 7.42. The van der Waals surface area contributed by atoms with Gasteiger partial charge in [-0.15, -0.1) is 0 Å². The molecule has 160 valence electrons. The minimum Gasteiger partial charge on any atom is -0.492 e. The molecule has 2 N–H and O–H groups in total. The number of ether oxygens (including phenoxy) is 1. The van der Waals surface area contributed by atoms with Gasteiger partial charge in [-0.25, -0.2) is 24.3 Å². The first kappa shape index (κ1) is 18.9. The maximum absolute atomic E-state index is 14.9. The Balaban J connectivity index is 1.30. The molecule has 0 radical (unpaired) electrons. The molecule has 2 bridgehead atoms. The Labute approximate surface area is 183 Å². The second-order valence-corrected chi connectivity index (χ2v) is 8.77. The van der Waals surface area contributed by atoms with Crippen molar-refractivity contribution < 1.29 is 9.13 Å². The molecule has 8 nitrogen and oxygen atoms in total. The average Bonchev–Trinajstić information content (AvgIpc) is 3.37. The van der Waals surface area contributed by atoms with Crippen molar-refractivity contribution in [3.05, 3.63) is 35.5 Å². The first-order valence-electron chi connectivity index (χ1n) is 10.5. The largest absolute Gasteiger partial charge is 0.492 e. The molecule has 2 saturated heterocycles. The second-order valence-electron chi connectivity index (χ2n) is 8.39. The predicted octanol–water partition coefficient (Wildman–Crippen LogP) is 3.30. The average molecular weight is 442 g/mol. The van der Waals surface area contributed by atoms with Crippen LogP contribution in [0.3, 0.4) is 0 Å². The number of piperazine rings is 1. The van der Waals surface area contributed by atoms with E-state index in [0.29, 0.717) is 53.2 Å². The van der Waals surface area contributed by atoms with Crippen molar-refractivity contribution in [1.29, 1.82) is 0 Å². The molecule has 31 heavy (non-hydrogen) atoms. The van der Waals surface area contributed by atoms with Crippen LogP contribution in [0.15, 0.2) is 24.7 Å². The van der Waals surface area contributed by atoms with E-state index >= 15 is 0 Å². The Morgan fingerprint density at radius 3 is 2.94 bits per heavy atom. The van der Waals surface area contributed by atoms with Crippen molar-refractivity contribution in [1.82, 2.24) is 25.3 Å². The molecule has 1 saturated carbocycles. The van der Waals surface area contributed by atoms with Crippen LogP contribution in [0.2, 0.25) is 5.02 Å². The van der Waals surface area contributed by atoms with Gasteiger partial charge in [-0.1, -0.05) is 11.6 Å². The highest BCUT2D eigenvalue weighted by atomic mass is 35.5. The minimum atomic E-state index is -0.584. The molecular formula is C21H21ClFN7O. The summed E-state index contributed by atoms with van der Waals surface area (Å²) in [5, 5.41) is 6.46. The van der Waals surface area contributed by atoms with E-state index in [9.17, 15) is 4.39 Å². The summed E-state index contributed by atoms with van der Waals surface area (Å²) in [5.41, 5.74) is 1.32. The Morgan fingerprint density at radius 2 is 2.16 bits per heavy atom. The monoisotopic (exact) mass is 441 g/mol. The van der Waals surface area contributed by atoms with E-state index in [0.717, 1.165) is 32.4 Å². The third-order valence-corrected chi connectivity index (χ3v) is 6.50. The Kier molecular flexibility index (Phi) is 4.53. The van der Waals surface area contributed by atoms with E-state index in [1.165, 1.54) is 6.33 Å². The summed E-state index contributed by atoms with van der Waals surface area (Å²) >= 11 is 6.22. The quantitative estimate of drug-likeness (QED) is 0.602. The third-order valence-electron chi connectivity index (χ3n) is 6.15. The first-order chi connectivity index (χ1) is 15.2. The summed E-state index contributed by atoms with van der Waals surface area (Å²) in [6, 6.07) is 4.15. The van der Waals surface area contributed by atoms with Crippen LogP contribution in [0.4, 0.5) is 21.8 Å². The lowest BCUT2D eigenvalue weighted by molar-refractivity contribution is 0.298. The third kappa shape index (κ3) is 3.51. The highest BCUT2D eigenvalue weighted by Gasteiger charge is 2.39. The first-order valence-corrected chi connectivity index (χ1v) is 10.9. The summed E-state index contributed by atoms with van der Waals surface area (Å²) in [6.45, 7) is 2.37. The fraction of sp³-hybridized carbons (Fsp3) is 0.429. The summed E-state index contributed by atoms with van der Waals surface area (Å²) in [6.07, 6.45) is 6.49. The predicted molar refractivity (Wildman–Crippen MR) is 116 cm³/mol. The molecule has 3 aliphatic rings. The molecule has 2 aliphatic heterocycles. The van der Waals surface area contributed by atoms with Gasteiger partial charge in [0.1, 0.15) is 28.1 Å². The van der Waals surface area contributed by atoms with Crippen LogP contribution in [-0.4, -0.2) is 51.7 Å². The number of fused-ring (bicyclic) bond motifs is 3. The molecule has 2 atom stereocenters. The molecular weight excluding hydrogens is 421 g/mol. The van der Waals surface area contributed by atoms with Crippen molar-refractivity contribution in [3.63, 3.8) is 0 Å². The van der Waals surface area contributed by atoms with Crippen molar-refractivity contribution >= 4 is 40.1 Å². The zero-order valence-electron chi connectivity index (χ0n) is 16.7. The van der Waals surface area contributed by atoms with Crippen LogP contribution in [0.5, 0.6) is 5.75 Å². The van der Waals surface area contributed by atoms with Crippen molar-refractivity contribution in [2.75, 3.05) is 29.9 Å². The zero-order valence-corrected chi connectivity index (χ0v) is 17.4. The van der Waals surface area contributed by atoms with E-state index in [-0.39, 0.29) is 10.7 Å². The SMILES string of the molecule is Fc1c(Nc2ncnc3cnc(N4C[C@H]5C[C@@H]4CN5)nc23)ccc(OCC2CC2)c1Cl. The molecule has 3 fully saturated rings. The van der Waals surface area contributed by atoms with Gasteiger partial charge in [-0.3, -0.25) is 0 Å². The number of hydrogen-bond donors (Lipinski definition) is 2. The maximum Gasteiger partial charge on any atom is 0.226 e.